The predicted molar refractivity (Wildman–Crippen MR) is 195 cm³/mol. The molecule has 258 valence electrons. The van der Waals surface area contributed by atoms with Gasteiger partial charge in [0.1, 0.15) is 0 Å². The van der Waals surface area contributed by atoms with E-state index in [4.69, 9.17) is 0 Å². The van der Waals surface area contributed by atoms with E-state index in [1.54, 1.807) is 39.9 Å². The van der Waals surface area contributed by atoms with Crippen LogP contribution < -0.4 is 37.2 Å². The van der Waals surface area contributed by atoms with Crippen molar-refractivity contribution in [3.63, 3.8) is 0 Å². The smallest absolute Gasteiger partial charge is 1.00 e. The second kappa shape index (κ2) is 53.7. The van der Waals surface area contributed by atoms with Crippen LogP contribution in [0.3, 0.4) is 0 Å². The molecule has 0 radical (unpaired) electrons. The van der Waals surface area contributed by atoms with Crippen LogP contribution in [0.5, 0.6) is 0 Å². The molecule has 0 aromatic rings. The Balaban J connectivity index is -0.000000112. The molecule has 0 aromatic carbocycles. The summed E-state index contributed by atoms with van der Waals surface area (Å²) >= 11 is -2.52. The van der Waals surface area contributed by atoms with Gasteiger partial charge in [0.2, 0.25) is 0 Å². The van der Waals surface area contributed by atoms with Crippen molar-refractivity contribution in [2.45, 2.75) is 218 Å². The Labute approximate surface area is 310 Å². The average molecular weight is 977 g/mol. The third kappa shape index (κ3) is 50.1. The van der Waals surface area contributed by atoms with E-state index in [0.29, 0.717) is 0 Å². The van der Waals surface area contributed by atoms with Crippen molar-refractivity contribution in [1.82, 2.24) is 0 Å². The third-order valence-electron chi connectivity index (χ3n) is 7.95. The van der Waals surface area contributed by atoms with Crippen LogP contribution in [0.4, 0.5) is 0 Å². The molecule has 0 unspecified atom stereocenters. The number of halogens is 3. The predicted octanol–water partition coefficient (Wildman–Crippen LogP) is 5.66. The molecule has 0 saturated heterocycles. The van der Waals surface area contributed by atoms with Crippen LogP contribution in [-0.2, 0) is 0 Å². The van der Waals surface area contributed by atoms with E-state index >= 15 is 0 Å². The SMILES string of the molecule is CCC[CH2][Sn+]([CH2]CCC)[CH2]CCC.CCC[CH2][Sn+]([CH2]CCC)[CH2]CCC.CCC[CH2][Sn+]([CH2]CCC)[CH2]CCC.[Cl-].[Cl-].[Cl-]. The summed E-state index contributed by atoms with van der Waals surface area (Å²) in [5, 5.41) is 0. The van der Waals surface area contributed by atoms with E-state index in [1.165, 1.54) is 116 Å². The summed E-state index contributed by atoms with van der Waals surface area (Å²) in [5.41, 5.74) is 0. The summed E-state index contributed by atoms with van der Waals surface area (Å²) in [6.45, 7) is 21.0. The molecular formula is C36H81Cl3Sn3. The molecule has 6 heteroatoms. The van der Waals surface area contributed by atoms with Crippen LogP contribution in [0.2, 0.25) is 39.9 Å². The number of rotatable bonds is 27. The Morgan fingerprint density at radius 2 is 0.310 bits per heavy atom. The van der Waals surface area contributed by atoms with Crippen LogP contribution in [0.1, 0.15) is 178 Å². The summed E-state index contributed by atoms with van der Waals surface area (Å²) in [5.74, 6) is 0. The summed E-state index contributed by atoms with van der Waals surface area (Å²) in [4.78, 5) is 0. The van der Waals surface area contributed by atoms with Gasteiger partial charge >= 0.3 is 277 Å². The third-order valence-corrected chi connectivity index (χ3v) is 35.2. The van der Waals surface area contributed by atoms with Gasteiger partial charge in [0, 0.05) is 0 Å². The van der Waals surface area contributed by atoms with E-state index in [0.717, 1.165) is 0 Å². The van der Waals surface area contributed by atoms with Gasteiger partial charge in [-0.25, -0.2) is 0 Å². The fourth-order valence-corrected chi connectivity index (χ4v) is 33.3. The zero-order chi connectivity index (χ0) is 29.8. The molecule has 0 aromatic heterocycles. The van der Waals surface area contributed by atoms with Gasteiger partial charge in [-0.2, -0.15) is 0 Å². The molecule has 0 nitrogen and oxygen atoms in total. The van der Waals surface area contributed by atoms with Crippen molar-refractivity contribution in [3.05, 3.63) is 0 Å². The zero-order valence-electron chi connectivity index (χ0n) is 30.7. The maximum Gasteiger partial charge on any atom is -1.00 e. The summed E-state index contributed by atoms with van der Waals surface area (Å²) in [6, 6.07) is 0. The molecule has 42 heavy (non-hydrogen) atoms. The van der Waals surface area contributed by atoms with Crippen molar-refractivity contribution in [1.29, 1.82) is 0 Å². The average Bonchev–Trinajstić information content (AvgIpc) is 2.96. The molecule has 0 bridgehead atoms. The van der Waals surface area contributed by atoms with Gasteiger partial charge in [-0.15, -0.1) is 0 Å². The van der Waals surface area contributed by atoms with E-state index in [-0.39, 0.29) is 37.2 Å². The van der Waals surface area contributed by atoms with Gasteiger partial charge in [0.05, 0.1) is 0 Å². The fourth-order valence-electron chi connectivity index (χ4n) is 4.97. The first-order valence-electron chi connectivity index (χ1n) is 18.5. The Hall–Kier alpha value is 3.27. The van der Waals surface area contributed by atoms with Gasteiger partial charge in [-0.05, 0) is 0 Å². The first-order chi connectivity index (χ1) is 19.0. The Kier molecular flexibility index (Phi) is 73.6. The quantitative estimate of drug-likeness (QED) is 0.0935. The fraction of sp³-hybridized carbons (Fsp3) is 1.00. The normalized spacial score (nSPS) is 9.64. The Morgan fingerprint density at radius 1 is 0.214 bits per heavy atom. The molecule has 0 saturated carbocycles. The van der Waals surface area contributed by atoms with Gasteiger partial charge < -0.3 is 37.2 Å². The van der Waals surface area contributed by atoms with Crippen LogP contribution in [0, 0.1) is 0 Å². The summed E-state index contributed by atoms with van der Waals surface area (Å²) < 4.78 is 15.1. The van der Waals surface area contributed by atoms with Crippen LogP contribution in [-0.4, -0.2) is 59.3 Å². The molecule has 0 heterocycles. The molecule has 0 aliphatic heterocycles. The molecule has 0 atom stereocenters. The van der Waals surface area contributed by atoms with E-state index < -0.39 is 59.3 Å². The van der Waals surface area contributed by atoms with Gasteiger partial charge in [-0.1, -0.05) is 0 Å². The van der Waals surface area contributed by atoms with Gasteiger partial charge in [0.25, 0.3) is 0 Å². The maximum atomic E-state index is 2.33. The largest absolute Gasteiger partial charge is 1.00 e. The van der Waals surface area contributed by atoms with Gasteiger partial charge in [0.15, 0.2) is 0 Å². The summed E-state index contributed by atoms with van der Waals surface area (Å²) in [7, 11) is 0. The van der Waals surface area contributed by atoms with Crippen molar-refractivity contribution in [3.8, 4) is 0 Å². The van der Waals surface area contributed by atoms with Crippen LogP contribution >= 0.6 is 0 Å². The number of unbranched alkanes of at least 4 members (excludes halogenated alkanes) is 9. The minimum Gasteiger partial charge on any atom is -1.00 e. The molecule has 0 N–H and O–H groups in total. The van der Waals surface area contributed by atoms with Crippen molar-refractivity contribution in [2.75, 3.05) is 0 Å². The van der Waals surface area contributed by atoms with E-state index in [1.807, 2.05) is 0 Å². The molecule has 0 aliphatic rings. The molecular weight excluding hydrogens is 895 g/mol. The van der Waals surface area contributed by atoms with Crippen LogP contribution in [0.15, 0.2) is 0 Å². The first kappa shape index (κ1) is 57.5. The minimum absolute atomic E-state index is 0. The second-order valence-electron chi connectivity index (χ2n) is 12.2. The Morgan fingerprint density at radius 3 is 0.381 bits per heavy atom. The Bertz CT molecular complexity index is 289. The molecule has 0 fully saturated rings. The van der Waals surface area contributed by atoms with Crippen molar-refractivity contribution in [2.24, 2.45) is 0 Å². The monoisotopic (exact) mass is 978 g/mol. The maximum absolute atomic E-state index is 2.33. The number of hydrogen-bond acceptors (Lipinski definition) is 0. The van der Waals surface area contributed by atoms with E-state index in [2.05, 4.69) is 62.3 Å². The molecule has 0 amide bonds. The van der Waals surface area contributed by atoms with Crippen molar-refractivity contribution >= 4 is 59.3 Å². The minimum atomic E-state index is -0.839. The first-order valence-corrected chi connectivity index (χ1v) is 36.7. The topological polar surface area (TPSA) is 0 Å². The molecule has 0 spiro atoms. The number of hydrogen-bond donors (Lipinski definition) is 0. The molecule has 0 rings (SSSR count). The van der Waals surface area contributed by atoms with Crippen LogP contribution in [0.25, 0.3) is 0 Å². The molecule has 0 aliphatic carbocycles. The second-order valence-corrected chi connectivity index (χ2v) is 37.9. The standard InChI is InChI=1S/9C4H9.3ClH.3Sn/c9*1-3-4-2;;;;;;/h9*1,3-4H2,2H3;3*1H;;;/q;;;;;;;;;;;;3*+1/p-3. The zero-order valence-corrected chi connectivity index (χ0v) is 41.6. The summed E-state index contributed by atoms with van der Waals surface area (Å²) in [6.07, 6.45) is 26.5. The van der Waals surface area contributed by atoms with Gasteiger partial charge in [-0.3, -0.25) is 0 Å². The van der Waals surface area contributed by atoms with Crippen molar-refractivity contribution < 1.29 is 37.2 Å². The van der Waals surface area contributed by atoms with E-state index in [9.17, 15) is 0 Å².